The summed E-state index contributed by atoms with van der Waals surface area (Å²) < 4.78 is 10.6. The number of aliphatic imine (C=N–C) groups is 1. The van der Waals surface area contributed by atoms with Crippen LogP contribution >= 0.6 is 0 Å². The van der Waals surface area contributed by atoms with E-state index in [1.165, 1.54) is 13.5 Å². The summed E-state index contributed by atoms with van der Waals surface area (Å²) >= 11 is 0. The molecule has 11 heteroatoms. The third-order valence-electron chi connectivity index (χ3n) is 7.49. The molecule has 2 aromatic carbocycles. The summed E-state index contributed by atoms with van der Waals surface area (Å²) in [6.07, 6.45) is 6.25. The first-order chi connectivity index (χ1) is 19.9. The van der Waals surface area contributed by atoms with E-state index in [0.29, 0.717) is 30.4 Å². The van der Waals surface area contributed by atoms with Crippen molar-refractivity contribution in [1.29, 1.82) is 0 Å². The molecule has 1 heterocycles. The molecule has 2 aromatic rings. The zero-order valence-corrected chi connectivity index (χ0v) is 23.9. The van der Waals surface area contributed by atoms with E-state index in [0.717, 1.165) is 48.1 Å². The van der Waals surface area contributed by atoms with Crippen molar-refractivity contribution in [2.45, 2.75) is 64.0 Å². The average molecular weight is 562 g/mol. The highest BCUT2D eigenvalue weighted by molar-refractivity contribution is 6.02. The second-order valence-corrected chi connectivity index (χ2v) is 10.5. The molecule has 11 nitrogen and oxygen atoms in total. The van der Waals surface area contributed by atoms with E-state index in [9.17, 15) is 9.59 Å². The highest BCUT2D eigenvalue weighted by atomic mass is 16.5. The lowest BCUT2D eigenvalue weighted by Crippen LogP contribution is -2.42. The molecule has 1 fully saturated rings. The van der Waals surface area contributed by atoms with Crippen LogP contribution in [0.15, 0.2) is 62.9 Å². The summed E-state index contributed by atoms with van der Waals surface area (Å²) in [7, 11) is 3.09. The fourth-order valence-electron chi connectivity index (χ4n) is 5.27. The Labute approximate surface area is 240 Å². The summed E-state index contributed by atoms with van der Waals surface area (Å²) in [5, 5.41) is 17.4. The van der Waals surface area contributed by atoms with Crippen LogP contribution in [-0.2, 0) is 16.0 Å². The van der Waals surface area contributed by atoms with Crippen molar-refractivity contribution in [3.05, 3.63) is 59.2 Å². The number of ether oxygens (including phenoxy) is 2. The normalized spacial score (nSPS) is 17.0. The summed E-state index contributed by atoms with van der Waals surface area (Å²) in [4.78, 5) is 30.8. The molecule has 2 aliphatic rings. The molecule has 4 rings (SSSR count). The van der Waals surface area contributed by atoms with Crippen molar-refractivity contribution >= 4 is 23.5 Å². The molecule has 0 saturated heterocycles. The first kappa shape index (κ1) is 29.7. The topological polar surface area (TPSA) is 152 Å². The molecule has 0 unspecified atom stereocenters. The maximum Gasteiger partial charge on any atom is 0.245 e. The van der Waals surface area contributed by atoms with Gasteiger partial charge in [-0.1, -0.05) is 56.4 Å². The van der Waals surface area contributed by atoms with Gasteiger partial charge in [-0.05, 0) is 53.8 Å². The molecule has 1 aliphatic heterocycles. The van der Waals surface area contributed by atoms with Crippen molar-refractivity contribution in [1.82, 2.24) is 10.6 Å². The van der Waals surface area contributed by atoms with E-state index < -0.39 is 6.04 Å². The molecule has 0 radical (unpaired) electrons. The molecule has 1 saturated carbocycles. The van der Waals surface area contributed by atoms with E-state index in [-0.39, 0.29) is 30.2 Å². The number of rotatable bonds is 11. The number of carbonyl (C=O) groups is 2. The number of nitrogens with zero attached hydrogens (tertiary/aromatic N) is 4. The maximum atomic E-state index is 13.5. The minimum atomic E-state index is -0.720. The van der Waals surface area contributed by atoms with Gasteiger partial charge in [0.15, 0.2) is 17.5 Å². The Balaban J connectivity index is 1.43. The quantitative estimate of drug-likeness (QED) is 0.279. The zero-order chi connectivity index (χ0) is 29.2. The van der Waals surface area contributed by atoms with Crippen LogP contribution in [0.5, 0.6) is 11.5 Å². The van der Waals surface area contributed by atoms with Crippen LogP contribution in [0.4, 0.5) is 0 Å². The summed E-state index contributed by atoms with van der Waals surface area (Å²) in [6, 6.07) is 12.1. The second kappa shape index (κ2) is 14.4. The lowest BCUT2D eigenvalue weighted by molar-refractivity contribution is -0.123. The molecule has 218 valence electrons. The zero-order valence-electron chi connectivity index (χ0n) is 23.9. The van der Waals surface area contributed by atoms with Crippen molar-refractivity contribution < 1.29 is 19.1 Å². The number of nitrogens with one attached hydrogen (secondary N) is 2. The van der Waals surface area contributed by atoms with Gasteiger partial charge in [0.1, 0.15) is 12.6 Å². The van der Waals surface area contributed by atoms with Gasteiger partial charge in [-0.15, -0.1) is 5.10 Å². The van der Waals surface area contributed by atoms with Crippen LogP contribution < -0.4 is 25.8 Å². The highest BCUT2D eigenvalue weighted by Gasteiger charge is 2.26. The predicted octanol–water partition coefficient (Wildman–Crippen LogP) is 4.06. The molecule has 2 amide bonds. The van der Waals surface area contributed by atoms with Gasteiger partial charge in [0, 0.05) is 5.56 Å². The smallest absolute Gasteiger partial charge is 0.245 e. The molecule has 41 heavy (non-hydrogen) atoms. The van der Waals surface area contributed by atoms with Crippen LogP contribution in [-0.4, -0.2) is 50.3 Å². The summed E-state index contributed by atoms with van der Waals surface area (Å²) in [5.41, 5.74) is 9.54. The van der Waals surface area contributed by atoms with Gasteiger partial charge < -0.3 is 20.5 Å². The van der Waals surface area contributed by atoms with Gasteiger partial charge in [-0.25, -0.2) is 4.99 Å². The molecular formula is C30H39N7O4. The van der Waals surface area contributed by atoms with E-state index in [2.05, 4.69) is 31.1 Å². The van der Waals surface area contributed by atoms with Crippen LogP contribution in [0.2, 0.25) is 0 Å². The number of carbonyl (C=O) groups excluding carboxylic acids is 2. The van der Waals surface area contributed by atoms with Gasteiger partial charge in [-0.2, -0.15) is 5.11 Å². The number of methoxy groups -OCH3 is 2. The molecule has 0 spiro atoms. The van der Waals surface area contributed by atoms with Gasteiger partial charge in [0.25, 0.3) is 0 Å². The molecule has 2 atom stereocenters. The Kier molecular flexibility index (Phi) is 10.4. The molecule has 4 N–H and O–H groups in total. The first-order valence-corrected chi connectivity index (χ1v) is 14.0. The summed E-state index contributed by atoms with van der Waals surface area (Å²) in [6.45, 7) is 2.37. The van der Waals surface area contributed by atoms with Gasteiger partial charge >= 0.3 is 0 Å². The Hall–Kier alpha value is -4.28. The Bertz CT molecular complexity index is 1320. The number of hydrogen-bond acceptors (Lipinski definition) is 8. The summed E-state index contributed by atoms with van der Waals surface area (Å²) in [5.74, 6) is 0.846. The predicted molar refractivity (Wildman–Crippen MR) is 157 cm³/mol. The van der Waals surface area contributed by atoms with E-state index in [1.807, 2.05) is 31.2 Å². The van der Waals surface area contributed by atoms with Gasteiger partial charge in [-0.3, -0.25) is 14.9 Å². The average Bonchev–Trinajstić information content (AvgIpc) is 3.52. The van der Waals surface area contributed by atoms with Crippen molar-refractivity contribution in [3.63, 3.8) is 0 Å². The molecule has 1 aliphatic carbocycles. The largest absolute Gasteiger partial charge is 0.493 e. The Morgan fingerprint density at radius 3 is 2.56 bits per heavy atom. The number of benzene rings is 2. The number of guanidine groups is 1. The fraction of sp³-hybridized carbons (Fsp3) is 0.467. The van der Waals surface area contributed by atoms with Crippen LogP contribution in [0, 0.1) is 5.92 Å². The number of hydrogen-bond donors (Lipinski definition) is 3. The van der Waals surface area contributed by atoms with Crippen molar-refractivity contribution in [2.24, 2.45) is 32.1 Å². The third kappa shape index (κ3) is 8.36. The minimum Gasteiger partial charge on any atom is -0.493 e. The Morgan fingerprint density at radius 1 is 1.07 bits per heavy atom. The maximum absolute atomic E-state index is 13.5. The van der Waals surface area contributed by atoms with Crippen LogP contribution in [0.1, 0.15) is 68.2 Å². The molecule has 0 bridgehead atoms. The lowest BCUT2D eigenvalue weighted by Gasteiger charge is -2.25. The first-order valence-electron chi connectivity index (χ1n) is 14.0. The standard InChI is InChI=1S/C30H39N7O4/c1-19(22-10-7-11-23(17-22)25-18-32-37-36-25)33-29(39)24(14-20-8-5-4-6-9-20)34-30(31)35-28(38)16-21-12-13-26(40-2)27(15-21)41-3/h7,10-13,15,17,19-20,24H,4-6,8-9,14,16,18H2,1-3H3,(H,33,39)(H3,31,34,35,38)/t19-,24+/m0/s1. The SMILES string of the molecule is COc1ccc(CC(=O)NC(N)=N[C@H](CC2CCCCC2)C(=O)N[C@@H](C)c2cccc(C3=NN=NC3)c2)cc1OC. The van der Waals surface area contributed by atoms with Crippen LogP contribution in [0.3, 0.4) is 0 Å². The fourth-order valence-corrected chi connectivity index (χ4v) is 5.27. The highest BCUT2D eigenvalue weighted by Crippen LogP contribution is 2.29. The van der Waals surface area contributed by atoms with Gasteiger partial charge in [0.05, 0.1) is 32.4 Å². The second-order valence-electron chi connectivity index (χ2n) is 10.5. The molecule has 0 aromatic heterocycles. The Morgan fingerprint density at radius 2 is 1.85 bits per heavy atom. The number of amides is 2. The monoisotopic (exact) mass is 561 g/mol. The number of nitrogens with two attached hydrogens (primary N) is 1. The van der Waals surface area contributed by atoms with Crippen molar-refractivity contribution in [2.75, 3.05) is 20.8 Å². The molecular weight excluding hydrogens is 522 g/mol. The van der Waals surface area contributed by atoms with E-state index in [1.54, 1.807) is 25.3 Å². The van der Waals surface area contributed by atoms with Crippen molar-refractivity contribution in [3.8, 4) is 11.5 Å². The van der Waals surface area contributed by atoms with Gasteiger partial charge in [0.2, 0.25) is 11.8 Å². The third-order valence-corrected chi connectivity index (χ3v) is 7.49. The van der Waals surface area contributed by atoms with E-state index in [4.69, 9.17) is 15.2 Å². The van der Waals surface area contributed by atoms with E-state index >= 15 is 0 Å². The lowest BCUT2D eigenvalue weighted by atomic mass is 9.84. The minimum absolute atomic E-state index is 0.0648. The van der Waals surface area contributed by atoms with Crippen LogP contribution in [0.25, 0.3) is 0 Å².